The topological polar surface area (TPSA) is 111 Å². The normalized spacial score (nSPS) is 15.5. The zero-order chi connectivity index (χ0) is 21.6. The Morgan fingerprint density at radius 2 is 1.87 bits per heavy atom. The molecule has 8 heteroatoms. The van der Waals surface area contributed by atoms with E-state index in [9.17, 15) is 18.5 Å². The maximum absolute atomic E-state index is 12.4. The van der Waals surface area contributed by atoms with Crippen molar-refractivity contribution in [2.75, 3.05) is 18.4 Å². The van der Waals surface area contributed by atoms with E-state index in [1.165, 1.54) is 23.8 Å². The van der Waals surface area contributed by atoms with E-state index < -0.39 is 16.0 Å². The van der Waals surface area contributed by atoms with Crippen molar-refractivity contribution >= 4 is 21.7 Å². The standard InChI is InChI=1S/C22H23N3O4S/c23-15-19(22(26)24-20-7-4-8-21(14-20)30(27,28)29)16-25-11-9-18(10-12-25)13-17-5-2-1-3-6-17/h1-8,14,16,18H,9-13H2,(H,24,26)(H,27,28,29)/b19-16-. The van der Waals surface area contributed by atoms with Gasteiger partial charge in [0, 0.05) is 25.0 Å². The maximum Gasteiger partial charge on any atom is 0.294 e. The highest BCUT2D eigenvalue weighted by Crippen LogP contribution is 2.22. The fraction of sp³-hybridized carbons (Fsp3) is 0.273. The van der Waals surface area contributed by atoms with Gasteiger partial charge in [0.2, 0.25) is 0 Å². The first-order valence-corrected chi connectivity index (χ1v) is 11.1. The Morgan fingerprint density at radius 1 is 1.17 bits per heavy atom. The summed E-state index contributed by atoms with van der Waals surface area (Å²) in [4.78, 5) is 14.1. The highest BCUT2D eigenvalue weighted by Gasteiger charge is 2.20. The van der Waals surface area contributed by atoms with Gasteiger partial charge in [-0.25, -0.2) is 0 Å². The Labute approximate surface area is 176 Å². The van der Waals surface area contributed by atoms with Crippen LogP contribution in [0, 0.1) is 17.2 Å². The highest BCUT2D eigenvalue weighted by atomic mass is 32.2. The predicted octanol–water partition coefficient (Wildman–Crippen LogP) is 3.23. The van der Waals surface area contributed by atoms with Gasteiger partial charge >= 0.3 is 0 Å². The summed E-state index contributed by atoms with van der Waals surface area (Å²) in [7, 11) is -4.38. The van der Waals surface area contributed by atoms with Crippen LogP contribution in [-0.4, -0.2) is 36.9 Å². The lowest BCUT2D eigenvalue weighted by atomic mass is 9.90. The summed E-state index contributed by atoms with van der Waals surface area (Å²) >= 11 is 0. The van der Waals surface area contributed by atoms with Crippen molar-refractivity contribution in [2.24, 2.45) is 5.92 Å². The van der Waals surface area contributed by atoms with E-state index in [2.05, 4.69) is 17.4 Å². The van der Waals surface area contributed by atoms with Crippen LogP contribution in [0.4, 0.5) is 5.69 Å². The second kappa shape index (κ2) is 9.57. The summed E-state index contributed by atoms with van der Waals surface area (Å²) in [5.41, 5.74) is 1.43. The molecule has 2 N–H and O–H groups in total. The molecule has 30 heavy (non-hydrogen) atoms. The van der Waals surface area contributed by atoms with E-state index in [-0.39, 0.29) is 16.2 Å². The minimum atomic E-state index is -4.38. The van der Waals surface area contributed by atoms with Gasteiger partial charge in [-0.1, -0.05) is 36.4 Å². The summed E-state index contributed by atoms with van der Waals surface area (Å²) in [6.07, 6.45) is 4.53. The van der Waals surface area contributed by atoms with Crippen molar-refractivity contribution in [3.8, 4) is 6.07 Å². The molecule has 1 saturated heterocycles. The van der Waals surface area contributed by atoms with E-state index in [4.69, 9.17) is 4.55 Å². The van der Waals surface area contributed by atoms with E-state index in [0.29, 0.717) is 5.92 Å². The first kappa shape index (κ1) is 21.6. The van der Waals surface area contributed by atoms with Crippen molar-refractivity contribution in [1.82, 2.24) is 4.90 Å². The molecule has 156 valence electrons. The Hall–Kier alpha value is -3.15. The number of nitrogens with one attached hydrogen (secondary N) is 1. The van der Waals surface area contributed by atoms with E-state index in [0.717, 1.165) is 38.4 Å². The monoisotopic (exact) mass is 425 g/mol. The molecule has 0 atom stereocenters. The van der Waals surface area contributed by atoms with Crippen LogP contribution in [0.5, 0.6) is 0 Å². The van der Waals surface area contributed by atoms with Gasteiger partial charge in [-0.05, 0) is 48.9 Å². The summed E-state index contributed by atoms with van der Waals surface area (Å²) in [5, 5.41) is 11.9. The molecule has 0 radical (unpaired) electrons. The average Bonchev–Trinajstić information content (AvgIpc) is 2.73. The number of hydrogen-bond acceptors (Lipinski definition) is 5. The third kappa shape index (κ3) is 5.92. The molecule has 1 fully saturated rings. The maximum atomic E-state index is 12.4. The molecule has 1 amide bonds. The van der Waals surface area contributed by atoms with Crippen LogP contribution in [-0.2, 0) is 21.3 Å². The largest absolute Gasteiger partial charge is 0.376 e. The zero-order valence-corrected chi connectivity index (χ0v) is 17.2. The quantitative estimate of drug-likeness (QED) is 0.418. The minimum absolute atomic E-state index is 0.0613. The van der Waals surface area contributed by atoms with Crippen LogP contribution >= 0.6 is 0 Å². The summed E-state index contributed by atoms with van der Waals surface area (Å²) in [6.45, 7) is 1.52. The molecular weight excluding hydrogens is 402 g/mol. The number of likely N-dealkylation sites (tertiary alicyclic amines) is 1. The van der Waals surface area contributed by atoms with Gasteiger partial charge < -0.3 is 10.2 Å². The number of rotatable bonds is 6. The molecule has 7 nitrogen and oxygen atoms in total. The lowest BCUT2D eigenvalue weighted by molar-refractivity contribution is -0.112. The molecule has 2 aromatic rings. The third-order valence-corrected chi connectivity index (χ3v) is 5.93. The molecule has 0 spiro atoms. The Bertz CT molecular complexity index is 1070. The lowest BCUT2D eigenvalue weighted by Gasteiger charge is -2.31. The van der Waals surface area contributed by atoms with Gasteiger partial charge in [-0.2, -0.15) is 13.7 Å². The Balaban J connectivity index is 1.59. The second-order valence-electron chi connectivity index (χ2n) is 7.28. The number of hydrogen-bond donors (Lipinski definition) is 2. The number of anilines is 1. The number of carbonyl (C=O) groups is 1. The SMILES string of the molecule is N#C/C(=C/N1CCC(Cc2ccccc2)CC1)C(=O)Nc1cccc(S(=O)(=O)O)c1. The molecule has 2 aromatic carbocycles. The molecule has 0 aliphatic carbocycles. The first-order chi connectivity index (χ1) is 14.3. The van der Waals surface area contributed by atoms with Gasteiger partial charge in [0.1, 0.15) is 11.6 Å². The first-order valence-electron chi connectivity index (χ1n) is 9.64. The Kier molecular flexibility index (Phi) is 6.87. The molecule has 1 aliphatic rings. The fourth-order valence-corrected chi connectivity index (χ4v) is 4.01. The molecule has 0 bridgehead atoms. The number of piperidine rings is 1. The Morgan fingerprint density at radius 3 is 2.50 bits per heavy atom. The minimum Gasteiger partial charge on any atom is -0.376 e. The summed E-state index contributed by atoms with van der Waals surface area (Å²) < 4.78 is 31.6. The van der Waals surface area contributed by atoms with Gasteiger partial charge in [-0.3, -0.25) is 9.35 Å². The van der Waals surface area contributed by atoms with Crippen LogP contribution in [0.1, 0.15) is 18.4 Å². The van der Waals surface area contributed by atoms with E-state index in [1.807, 2.05) is 29.2 Å². The van der Waals surface area contributed by atoms with Crippen LogP contribution in [0.15, 0.2) is 71.3 Å². The van der Waals surface area contributed by atoms with Gasteiger partial charge in [0.05, 0.1) is 4.90 Å². The number of benzene rings is 2. The van der Waals surface area contributed by atoms with Crippen molar-refractivity contribution in [1.29, 1.82) is 5.26 Å². The number of carbonyl (C=O) groups excluding carboxylic acids is 1. The smallest absolute Gasteiger partial charge is 0.294 e. The van der Waals surface area contributed by atoms with Gasteiger partial charge in [0.15, 0.2) is 0 Å². The number of nitrogens with zero attached hydrogens (tertiary/aromatic N) is 2. The predicted molar refractivity (Wildman–Crippen MR) is 113 cm³/mol. The summed E-state index contributed by atoms with van der Waals surface area (Å²) in [6, 6.07) is 17.5. The van der Waals surface area contributed by atoms with Crippen LogP contribution in [0.25, 0.3) is 0 Å². The van der Waals surface area contributed by atoms with Crippen molar-refractivity contribution in [2.45, 2.75) is 24.2 Å². The van der Waals surface area contributed by atoms with Crippen molar-refractivity contribution < 1.29 is 17.8 Å². The van der Waals surface area contributed by atoms with Crippen molar-refractivity contribution in [3.05, 3.63) is 71.9 Å². The van der Waals surface area contributed by atoms with Gasteiger partial charge in [-0.15, -0.1) is 0 Å². The molecular formula is C22H23N3O4S. The highest BCUT2D eigenvalue weighted by molar-refractivity contribution is 7.85. The fourth-order valence-electron chi connectivity index (χ4n) is 3.49. The average molecular weight is 426 g/mol. The second-order valence-corrected chi connectivity index (χ2v) is 8.70. The van der Waals surface area contributed by atoms with Crippen LogP contribution < -0.4 is 5.32 Å². The molecule has 1 aliphatic heterocycles. The number of nitriles is 1. The van der Waals surface area contributed by atoms with Crippen LogP contribution in [0.2, 0.25) is 0 Å². The number of amides is 1. The van der Waals surface area contributed by atoms with E-state index in [1.54, 1.807) is 6.20 Å². The molecule has 0 unspecified atom stereocenters. The zero-order valence-electron chi connectivity index (χ0n) is 16.4. The van der Waals surface area contributed by atoms with Crippen molar-refractivity contribution in [3.63, 3.8) is 0 Å². The third-order valence-electron chi connectivity index (χ3n) is 5.08. The summed E-state index contributed by atoms with van der Waals surface area (Å²) in [5.74, 6) is -0.0593. The lowest BCUT2D eigenvalue weighted by Crippen LogP contribution is -2.31. The van der Waals surface area contributed by atoms with Gasteiger partial charge in [0.25, 0.3) is 16.0 Å². The van der Waals surface area contributed by atoms with E-state index >= 15 is 0 Å². The van der Waals surface area contributed by atoms with Crippen LogP contribution in [0.3, 0.4) is 0 Å². The molecule has 0 aromatic heterocycles. The molecule has 3 rings (SSSR count). The molecule has 1 heterocycles. The molecule has 0 saturated carbocycles.